The lowest BCUT2D eigenvalue weighted by Crippen LogP contribution is -2.47. The van der Waals surface area contributed by atoms with Crippen molar-refractivity contribution in [2.75, 3.05) is 25.7 Å². The highest BCUT2D eigenvalue weighted by molar-refractivity contribution is 7.91. The van der Waals surface area contributed by atoms with Gasteiger partial charge in [0.1, 0.15) is 32.0 Å². The zero-order chi connectivity index (χ0) is 25.3. The van der Waals surface area contributed by atoms with E-state index in [-0.39, 0.29) is 23.2 Å². The van der Waals surface area contributed by atoms with Crippen LogP contribution in [-0.4, -0.2) is 55.4 Å². The van der Waals surface area contributed by atoms with Gasteiger partial charge in [-0.3, -0.25) is 14.7 Å². The minimum absolute atomic E-state index is 0.146. The molecule has 1 aliphatic rings. The molecule has 1 amide bonds. The molecule has 1 atom stereocenters. The first-order valence-electron chi connectivity index (χ1n) is 11.2. The zero-order valence-electron chi connectivity index (χ0n) is 19.7. The summed E-state index contributed by atoms with van der Waals surface area (Å²) in [5.74, 6) is 0.833. The van der Waals surface area contributed by atoms with Gasteiger partial charge in [0.15, 0.2) is 5.13 Å². The molecular formula is C24H24N4O5S3. The molecule has 9 nitrogen and oxygen atoms in total. The number of thiazole rings is 1. The number of carbonyl (C=O) groups is 1. The molecular weight excluding hydrogens is 520 g/mol. The van der Waals surface area contributed by atoms with Gasteiger partial charge in [0.2, 0.25) is 5.91 Å². The van der Waals surface area contributed by atoms with Gasteiger partial charge in [0.05, 0.1) is 26.5 Å². The number of anilines is 1. The Balaban J connectivity index is 1.58. The normalized spacial score (nSPS) is 16.3. The van der Waals surface area contributed by atoms with Gasteiger partial charge in [-0.15, -0.1) is 11.3 Å². The standard InChI is InChI=1S/C24H24N4O5S3/c1-32-18-10-11-19(33-2)22-21(18)26-24(35-22)27(15-16-7-3-4-12-25-16)23(29)17-8-5-13-28(17)36(30,31)20-9-6-14-34-20/h3-4,6-7,9-12,14,17H,5,8,13,15H2,1-2H3. The van der Waals surface area contributed by atoms with Crippen molar-refractivity contribution in [2.24, 2.45) is 0 Å². The summed E-state index contributed by atoms with van der Waals surface area (Å²) in [7, 11) is -0.661. The first kappa shape index (κ1) is 24.6. The van der Waals surface area contributed by atoms with Crippen LogP contribution < -0.4 is 14.4 Å². The molecule has 0 saturated carbocycles. The number of aromatic nitrogens is 2. The lowest BCUT2D eigenvalue weighted by molar-refractivity contribution is -0.121. The quantitative estimate of drug-likeness (QED) is 0.328. The maximum absolute atomic E-state index is 14.1. The largest absolute Gasteiger partial charge is 0.495 e. The minimum Gasteiger partial charge on any atom is -0.495 e. The molecule has 36 heavy (non-hydrogen) atoms. The van der Waals surface area contributed by atoms with E-state index in [0.717, 1.165) is 16.0 Å². The summed E-state index contributed by atoms with van der Waals surface area (Å²) in [5.41, 5.74) is 1.24. The van der Waals surface area contributed by atoms with Crippen LogP contribution in [0, 0.1) is 0 Å². The van der Waals surface area contributed by atoms with Crippen LogP contribution in [0.2, 0.25) is 0 Å². The summed E-state index contributed by atoms with van der Waals surface area (Å²) < 4.78 is 40.0. The maximum Gasteiger partial charge on any atom is 0.253 e. The van der Waals surface area contributed by atoms with E-state index in [2.05, 4.69) is 4.98 Å². The molecule has 0 radical (unpaired) electrons. The molecule has 0 N–H and O–H groups in total. The van der Waals surface area contributed by atoms with E-state index in [1.54, 1.807) is 56.1 Å². The molecule has 5 rings (SSSR count). The van der Waals surface area contributed by atoms with E-state index < -0.39 is 16.1 Å². The van der Waals surface area contributed by atoms with Crippen LogP contribution in [-0.2, 0) is 21.4 Å². The van der Waals surface area contributed by atoms with E-state index in [0.29, 0.717) is 40.7 Å². The Hall–Kier alpha value is -3.06. The van der Waals surface area contributed by atoms with E-state index >= 15 is 0 Å². The lowest BCUT2D eigenvalue weighted by atomic mass is 10.2. The molecule has 1 saturated heterocycles. The number of carbonyl (C=O) groups excluding carboxylic acids is 1. The van der Waals surface area contributed by atoms with Crippen LogP contribution in [0.25, 0.3) is 10.2 Å². The Labute approximate surface area is 217 Å². The fraction of sp³-hybridized carbons (Fsp3) is 0.292. The number of sulfonamides is 1. The van der Waals surface area contributed by atoms with Crippen molar-refractivity contribution < 1.29 is 22.7 Å². The van der Waals surface area contributed by atoms with Gasteiger partial charge in [-0.2, -0.15) is 4.31 Å². The Bertz CT molecular complexity index is 1430. The molecule has 188 valence electrons. The second-order valence-corrected chi connectivity index (χ2v) is 12.1. The number of amides is 1. The Morgan fingerprint density at radius 2 is 1.94 bits per heavy atom. The minimum atomic E-state index is -3.79. The van der Waals surface area contributed by atoms with Crippen LogP contribution in [0.15, 0.2) is 58.3 Å². The van der Waals surface area contributed by atoms with Crippen LogP contribution in [0.1, 0.15) is 18.5 Å². The van der Waals surface area contributed by atoms with Crippen molar-refractivity contribution in [3.8, 4) is 11.5 Å². The number of hydrogen-bond acceptors (Lipinski definition) is 9. The third-order valence-corrected chi connectivity index (χ3v) is 10.4. The number of pyridine rings is 1. The number of fused-ring (bicyclic) bond motifs is 1. The summed E-state index contributed by atoms with van der Waals surface area (Å²) in [6.45, 7) is 0.434. The summed E-state index contributed by atoms with van der Waals surface area (Å²) >= 11 is 2.44. The monoisotopic (exact) mass is 544 g/mol. The van der Waals surface area contributed by atoms with Crippen molar-refractivity contribution in [3.05, 3.63) is 59.7 Å². The van der Waals surface area contributed by atoms with Gasteiger partial charge in [0.25, 0.3) is 10.0 Å². The summed E-state index contributed by atoms with van der Waals surface area (Å²) in [6, 6.07) is 11.5. The predicted octanol–water partition coefficient (Wildman–Crippen LogP) is 4.16. The molecule has 12 heteroatoms. The highest BCUT2D eigenvalue weighted by Gasteiger charge is 2.42. The van der Waals surface area contributed by atoms with Crippen molar-refractivity contribution in [3.63, 3.8) is 0 Å². The van der Waals surface area contributed by atoms with Gasteiger partial charge in [0, 0.05) is 12.7 Å². The van der Waals surface area contributed by atoms with Crippen LogP contribution in [0.3, 0.4) is 0 Å². The van der Waals surface area contributed by atoms with Gasteiger partial charge in [-0.1, -0.05) is 23.5 Å². The average Bonchev–Trinajstić information content (AvgIpc) is 3.67. The maximum atomic E-state index is 14.1. The topological polar surface area (TPSA) is 102 Å². The third kappa shape index (κ3) is 4.45. The average molecular weight is 545 g/mol. The van der Waals surface area contributed by atoms with Gasteiger partial charge < -0.3 is 9.47 Å². The number of hydrogen-bond donors (Lipinski definition) is 0. The van der Waals surface area contributed by atoms with Gasteiger partial charge >= 0.3 is 0 Å². The Morgan fingerprint density at radius 1 is 1.14 bits per heavy atom. The number of benzene rings is 1. The van der Waals surface area contributed by atoms with Crippen LogP contribution in [0.5, 0.6) is 11.5 Å². The van der Waals surface area contributed by atoms with Crippen LogP contribution >= 0.6 is 22.7 Å². The number of rotatable bonds is 8. The molecule has 0 aliphatic carbocycles. The van der Waals surface area contributed by atoms with E-state index in [9.17, 15) is 13.2 Å². The van der Waals surface area contributed by atoms with Crippen LogP contribution in [0.4, 0.5) is 5.13 Å². The summed E-state index contributed by atoms with van der Waals surface area (Å²) in [6.07, 6.45) is 2.69. The molecule has 4 aromatic rings. The fourth-order valence-corrected chi connectivity index (χ4v) is 8.11. The number of nitrogens with zero attached hydrogens (tertiary/aromatic N) is 4. The smallest absolute Gasteiger partial charge is 0.253 e. The Morgan fingerprint density at radius 3 is 2.64 bits per heavy atom. The first-order chi connectivity index (χ1) is 17.4. The van der Waals surface area contributed by atoms with Crippen molar-refractivity contribution in [1.29, 1.82) is 0 Å². The SMILES string of the molecule is COc1ccc(OC)c2sc(N(Cc3ccccn3)C(=O)C3CCCN3S(=O)(=O)c3cccs3)nc12. The fourth-order valence-electron chi connectivity index (χ4n) is 4.26. The Kier molecular flexibility index (Phi) is 6.93. The third-order valence-electron chi connectivity index (χ3n) is 5.99. The molecule has 3 aromatic heterocycles. The summed E-state index contributed by atoms with van der Waals surface area (Å²) in [5, 5.41) is 2.14. The molecule has 4 heterocycles. The van der Waals surface area contributed by atoms with E-state index in [1.807, 2.05) is 12.1 Å². The van der Waals surface area contributed by atoms with Gasteiger partial charge in [-0.05, 0) is 48.6 Å². The molecule has 1 aromatic carbocycles. The molecule has 0 spiro atoms. The van der Waals surface area contributed by atoms with Crippen molar-refractivity contribution >= 4 is 54.0 Å². The first-order valence-corrected chi connectivity index (χ1v) is 14.4. The molecule has 1 aliphatic heterocycles. The number of thiophene rings is 1. The lowest BCUT2D eigenvalue weighted by Gasteiger charge is -2.28. The van der Waals surface area contributed by atoms with E-state index in [1.165, 1.54) is 20.5 Å². The molecule has 1 unspecified atom stereocenters. The highest BCUT2D eigenvalue weighted by atomic mass is 32.2. The zero-order valence-corrected chi connectivity index (χ0v) is 22.1. The predicted molar refractivity (Wildman–Crippen MR) is 139 cm³/mol. The molecule has 1 fully saturated rings. The molecule has 0 bridgehead atoms. The van der Waals surface area contributed by atoms with Crippen molar-refractivity contribution in [1.82, 2.24) is 14.3 Å². The van der Waals surface area contributed by atoms with Crippen molar-refractivity contribution in [2.45, 2.75) is 29.6 Å². The second-order valence-electron chi connectivity index (χ2n) is 8.10. The van der Waals surface area contributed by atoms with E-state index in [4.69, 9.17) is 14.5 Å². The van der Waals surface area contributed by atoms with Gasteiger partial charge in [-0.25, -0.2) is 13.4 Å². The highest BCUT2D eigenvalue weighted by Crippen LogP contribution is 2.41. The number of ether oxygens (including phenoxy) is 2. The summed E-state index contributed by atoms with van der Waals surface area (Å²) in [4.78, 5) is 24.7. The second kappa shape index (κ2) is 10.1. The number of methoxy groups -OCH3 is 2.